The minimum absolute atomic E-state index is 0.0630. The molecule has 0 aliphatic carbocycles. The number of rotatable bonds is 4. The van der Waals surface area contributed by atoms with E-state index < -0.39 is 10.0 Å². The molecule has 0 spiro atoms. The Morgan fingerprint density at radius 2 is 1.76 bits per heavy atom. The van der Waals surface area contributed by atoms with E-state index >= 15 is 0 Å². The highest BCUT2D eigenvalue weighted by Gasteiger charge is 2.41. The van der Waals surface area contributed by atoms with Crippen LogP contribution in [0.15, 0.2) is 17.0 Å². The molecule has 0 bridgehead atoms. The molecule has 0 unspecified atom stereocenters. The van der Waals surface area contributed by atoms with Gasteiger partial charge in [0.05, 0.1) is 5.02 Å². The lowest BCUT2D eigenvalue weighted by molar-refractivity contribution is -0.123. The number of hydrogen-bond acceptors (Lipinski definition) is 4. The predicted molar refractivity (Wildman–Crippen MR) is 97.2 cm³/mol. The molecule has 2 aliphatic heterocycles. The van der Waals surface area contributed by atoms with Crippen molar-refractivity contribution in [1.82, 2.24) is 9.21 Å². The summed E-state index contributed by atoms with van der Waals surface area (Å²) in [5, 5.41) is 0.587. The number of amides is 1. The molecule has 0 radical (unpaired) electrons. The number of piperidine rings is 1. The summed E-state index contributed by atoms with van der Waals surface area (Å²) in [5.74, 6) is -0.308. The van der Waals surface area contributed by atoms with E-state index in [-0.39, 0.29) is 27.8 Å². The van der Waals surface area contributed by atoms with Crippen molar-refractivity contribution in [3.05, 3.63) is 27.7 Å². The van der Waals surface area contributed by atoms with Crippen LogP contribution in [0.5, 0.6) is 0 Å². The third-order valence-corrected chi connectivity index (χ3v) is 7.81. The quantitative estimate of drug-likeness (QED) is 0.828. The number of primary amides is 1. The molecule has 2 fully saturated rings. The fraction of sp³-hybridized carbons (Fsp3) is 0.562. The number of halogens is 2. The van der Waals surface area contributed by atoms with E-state index in [0.29, 0.717) is 23.7 Å². The van der Waals surface area contributed by atoms with Crippen molar-refractivity contribution in [3.8, 4) is 0 Å². The largest absolute Gasteiger partial charge is 0.369 e. The first-order chi connectivity index (χ1) is 11.7. The van der Waals surface area contributed by atoms with Gasteiger partial charge >= 0.3 is 0 Å². The van der Waals surface area contributed by atoms with Crippen LogP contribution in [0.3, 0.4) is 0 Å². The van der Waals surface area contributed by atoms with Crippen LogP contribution in [-0.4, -0.2) is 55.8 Å². The van der Waals surface area contributed by atoms with Gasteiger partial charge in [0, 0.05) is 30.1 Å². The van der Waals surface area contributed by atoms with E-state index in [9.17, 15) is 13.2 Å². The number of nitrogens with two attached hydrogens (primary N) is 1. The third-order valence-electron chi connectivity index (χ3n) is 5.11. The molecule has 3 rings (SSSR count). The van der Waals surface area contributed by atoms with Crippen LogP contribution in [0.2, 0.25) is 10.0 Å². The molecule has 0 aromatic heterocycles. The van der Waals surface area contributed by atoms with Gasteiger partial charge in [-0.3, -0.25) is 9.69 Å². The van der Waals surface area contributed by atoms with Gasteiger partial charge in [-0.25, -0.2) is 8.42 Å². The molecule has 2 heterocycles. The maximum absolute atomic E-state index is 12.8. The molecule has 0 atom stereocenters. The lowest BCUT2D eigenvalue weighted by Gasteiger charge is -2.46. The average Bonchev–Trinajstić information content (AvgIpc) is 2.49. The summed E-state index contributed by atoms with van der Waals surface area (Å²) in [6.07, 6.45) is 1.47. The first-order valence-corrected chi connectivity index (χ1v) is 10.4. The number of carbonyl (C=O) groups is 1. The minimum Gasteiger partial charge on any atom is -0.369 e. The minimum atomic E-state index is -3.63. The Kier molecular flexibility index (Phi) is 5.33. The van der Waals surface area contributed by atoms with Crippen LogP contribution in [0.25, 0.3) is 0 Å². The van der Waals surface area contributed by atoms with Crippen molar-refractivity contribution < 1.29 is 13.2 Å². The zero-order chi connectivity index (χ0) is 18.4. The molecular formula is C16H21Cl2N3O3S. The van der Waals surface area contributed by atoms with Gasteiger partial charge in [0.15, 0.2) is 0 Å². The maximum atomic E-state index is 12.8. The van der Waals surface area contributed by atoms with E-state index in [4.69, 9.17) is 28.9 Å². The van der Waals surface area contributed by atoms with Crippen LogP contribution in [0, 0.1) is 12.8 Å². The summed E-state index contributed by atoms with van der Waals surface area (Å²) in [5.41, 5.74) is 6.02. The highest BCUT2D eigenvalue weighted by atomic mass is 35.5. The van der Waals surface area contributed by atoms with Gasteiger partial charge in [-0.05, 0) is 50.6 Å². The second-order valence-electron chi connectivity index (χ2n) is 6.72. The number of carbonyl (C=O) groups excluding carboxylic acids is 1. The van der Waals surface area contributed by atoms with Crippen LogP contribution in [0.1, 0.15) is 18.4 Å². The van der Waals surface area contributed by atoms with Gasteiger partial charge in [-0.2, -0.15) is 4.31 Å². The molecule has 9 heteroatoms. The topological polar surface area (TPSA) is 83.7 Å². The standard InChI is InChI=1S/C16H21Cl2N3O3S/c1-10-6-15(14(18)7-13(10)17)25(23,24)21-8-12(9-21)20-4-2-11(3-5-20)16(19)22/h6-7,11-12H,2-5,8-9H2,1H3,(H2,19,22). The highest BCUT2D eigenvalue weighted by Crippen LogP contribution is 2.33. The average molecular weight is 406 g/mol. The Balaban J connectivity index is 1.64. The Bertz CT molecular complexity index is 786. The molecule has 0 saturated carbocycles. The fourth-order valence-corrected chi connectivity index (χ4v) is 5.68. The second kappa shape index (κ2) is 7.04. The summed E-state index contributed by atoms with van der Waals surface area (Å²) in [7, 11) is -3.63. The lowest BCUT2D eigenvalue weighted by Crippen LogP contribution is -2.62. The third kappa shape index (κ3) is 3.66. The number of nitrogens with zero attached hydrogens (tertiary/aromatic N) is 2. The van der Waals surface area contributed by atoms with Crippen molar-refractivity contribution in [3.63, 3.8) is 0 Å². The molecule has 6 nitrogen and oxygen atoms in total. The predicted octanol–water partition coefficient (Wildman–Crippen LogP) is 1.87. The van der Waals surface area contributed by atoms with Gasteiger partial charge in [0.1, 0.15) is 4.90 Å². The molecule has 1 amide bonds. The van der Waals surface area contributed by atoms with Crippen molar-refractivity contribution in [2.75, 3.05) is 26.2 Å². The Hall–Kier alpha value is -0.860. The Morgan fingerprint density at radius 1 is 1.16 bits per heavy atom. The van der Waals surface area contributed by atoms with Crippen molar-refractivity contribution >= 4 is 39.1 Å². The molecule has 2 aliphatic rings. The Labute approximate surface area is 157 Å². The highest BCUT2D eigenvalue weighted by molar-refractivity contribution is 7.89. The second-order valence-corrected chi connectivity index (χ2v) is 9.44. The number of sulfonamides is 1. The van der Waals surface area contributed by atoms with Crippen LogP contribution in [0.4, 0.5) is 0 Å². The fourth-order valence-electron chi connectivity index (χ4n) is 3.36. The summed E-state index contributed by atoms with van der Waals surface area (Å²) >= 11 is 12.1. The first-order valence-electron chi connectivity index (χ1n) is 8.19. The number of hydrogen-bond donors (Lipinski definition) is 1. The van der Waals surface area contributed by atoms with Gasteiger partial charge in [0.25, 0.3) is 0 Å². The van der Waals surface area contributed by atoms with Crippen LogP contribution < -0.4 is 5.73 Å². The molecule has 2 saturated heterocycles. The molecule has 1 aromatic rings. The zero-order valence-electron chi connectivity index (χ0n) is 13.9. The SMILES string of the molecule is Cc1cc(S(=O)(=O)N2CC(N3CCC(C(N)=O)CC3)C2)c(Cl)cc1Cl. The molecule has 1 aromatic carbocycles. The summed E-state index contributed by atoms with van der Waals surface area (Å²) < 4.78 is 27.0. The number of benzene rings is 1. The van der Waals surface area contributed by atoms with Crippen molar-refractivity contribution in [1.29, 1.82) is 0 Å². The first kappa shape index (κ1) is 18.9. The van der Waals surface area contributed by atoms with Crippen molar-refractivity contribution in [2.45, 2.75) is 30.7 Å². The molecule has 25 heavy (non-hydrogen) atoms. The Morgan fingerprint density at radius 3 is 2.32 bits per heavy atom. The van der Waals surface area contributed by atoms with Gasteiger partial charge in [0.2, 0.25) is 15.9 Å². The van der Waals surface area contributed by atoms with E-state index in [1.807, 2.05) is 0 Å². The van der Waals surface area contributed by atoms with Crippen LogP contribution in [-0.2, 0) is 14.8 Å². The summed E-state index contributed by atoms with van der Waals surface area (Å²) in [6.45, 7) is 4.16. The summed E-state index contributed by atoms with van der Waals surface area (Å²) in [6, 6.07) is 3.17. The van der Waals surface area contributed by atoms with Crippen LogP contribution >= 0.6 is 23.2 Å². The molecule has 138 valence electrons. The molecule has 2 N–H and O–H groups in total. The smallest absolute Gasteiger partial charge is 0.244 e. The van der Waals surface area contributed by atoms with E-state index in [1.54, 1.807) is 6.92 Å². The number of likely N-dealkylation sites (tertiary alicyclic amines) is 1. The summed E-state index contributed by atoms with van der Waals surface area (Å²) in [4.78, 5) is 13.6. The van der Waals surface area contributed by atoms with E-state index in [2.05, 4.69) is 4.90 Å². The van der Waals surface area contributed by atoms with Gasteiger partial charge in [-0.15, -0.1) is 0 Å². The van der Waals surface area contributed by atoms with E-state index in [1.165, 1.54) is 16.4 Å². The monoisotopic (exact) mass is 405 g/mol. The normalized spacial score (nSPS) is 21.2. The molecular weight excluding hydrogens is 385 g/mol. The van der Waals surface area contributed by atoms with Gasteiger partial charge in [-0.1, -0.05) is 23.2 Å². The lowest BCUT2D eigenvalue weighted by atomic mass is 9.94. The number of aryl methyl sites for hydroxylation is 1. The van der Waals surface area contributed by atoms with Crippen molar-refractivity contribution in [2.24, 2.45) is 11.7 Å². The van der Waals surface area contributed by atoms with Gasteiger partial charge < -0.3 is 5.73 Å². The maximum Gasteiger partial charge on any atom is 0.244 e. The van der Waals surface area contributed by atoms with E-state index in [0.717, 1.165) is 25.9 Å². The zero-order valence-corrected chi connectivity index (χ0v) is 16.2.